The highest BCUT2D eigenvalue weighted by Gasteiger charge is 2.08. The highest BCUT2D eigenvalue weighted by atomic mass is 16.5. The molecule has 2 aromatic carbocycles. The molecule has 2 rings (SSSR count). The normalized spacial score (nSPS) is 10.5. The van der Waals surface area contributed by atoms with Gasteiger partial charge in [-0.2, -0.15) is 0 Å². The van der Waals surface area contributed by atoms with Crippen LogP contribution in [0.4, 0.5) is 0 Å². The van der Waals surface area contributed by atoms with E-state index in [4.69, 9.17) is 15.4 Å². The molecular formula is C15H16N2O6. The van der Waals surface area contributed by atoms with Crippen molar-refractivity contribution in [3.05, 3.63) is 57.9 Å². The number of rotatable bonds is 3. The van der Waals surface area contributed by atoms with Gasteiger partial charge in [0.1, 0.15) is 29.7 Å². The Morgan fingerprint density at radius 3 is 2.04 bits per heavy atom. The lowest BCUT2D eigenvalue weighted by Gasteiger charge is -2.07. The molecule has 5 N–H and O–H groups in total. The first-order valence-electron chi connectivity index (χ1n) is 6.33. The van der Waals surface area contributed by atoms with Gasteiger partial charge in [0.15, 0.2) is 12.8 Å². The third-order valence-electron chi connectivity index (χ3n) is 2.69. The second-order valence-electron chi connectivity index (χ2n) is 4.40. The van der Waals surface area contributed by atoms with E-state index in [2.05, 4.69) is 6.72 Å². The number of hydrogen-bond acceptors (Lipinski definition) is 6. The topological polar surface area (TPSA) is 144 Å². The molecule has 23 heavy (non-hydrogen) atoms. The van der Waals surface area contributed by atoms with E-state index in [-0.39, 0.29) is 35.1 Å². The van der Waals surface area contributed by atoms with Crippen LogP contribution in [0, 0.1) is 10.4 Å². The average molecular weight is 320 g/mol. The minimum absolute atomic E-state index is 0.0937. The van der Waals surface area contributed by atoms with Gasteiger partial charge in [-0.15, -0.1) is 0 Å². The van der Waals surface area contributed by atoms with Crippen LogP contribution in [0.15, 0.2) is 36.4 Å². The van der Waals surface area contributed by atoms with Crippen LogP contribution in [0.5, 0.6) is 23.0 Å². The van der Waals surface area contributed by atoms with Crippen molar-refractivity contribution in [2.75, 3.05) is 0 Å². The molecule has 0 amide bonds. The largest absolute Gasteiger partial charge is 0.626 e. The molecule has 0 aliphatic carbocycles. The van der Waals surface area contributed by atoms with E-state index in [1.807, 2.05) is 0 Å². The summed E-state index contributed by atoms with van der Waals surface area (Å²) < 4.78 is 0.526. The van der Waals surface area contributed by atoms with Crippen molar-refractivity contribution in [3.8, 4) is 23.0 Å². The van der Waals surface area contributed by atoms with Crippen molar-refractivity contribution >= 4 is 12.9 Å². The molecule has 0 saturated carbocycles. The minimum Gasteiger partial charge on any atom is -0.626 e. The fourth-order valence-corrected chi connectivity index (χ4v) is 1.70. The molecule has 0 atom stereocenters. The molecule has 0 aromatic heterocycles. The van der Waals surface area contributed by atoms with Crippen molar-refractivity contribution in [3.63, 3.8) is 0 Å². The number of nitrogens with zero attached hydrogens (tertiary/aromatic N) is 1. The fourth-order valence-electron chi connectivity index (χ4n) is 1.70. The number of hydroxylamine groups is 1. The predicted octanol–water partition coefficient (Wildman–Crippen LogP) is -0.0962. The maximum absolute atomic E-state index is 11.8. The summed E-state index contributed by atoms with van der Waals surface area (Å²) in [5.74, 6) is -0.605. The molecule has 8 nitrogen and oxygen atoms in total. The lowest BCUT2D eigenvalue weighted by atomic mass is 10.2. The van der Waals surface area contributed by atoms with Gasteiger partial charge in [0, 0.05) is 12.1 Å². The smallest absolute Gasteiger partial charge is 0.185 e. The van der Waals surface area contributed by atoms with Gasteiger partial charge < -0.3 is 30.8 Å². The molecule has 122 valence electrons. The number of aromatic hydroxyl groups is 4. The van der Waals surface area contributed by atoms with E-state index in [9.17, 15) is 15.4 Å². The van der Waals surface area contributed by atoms with Gasteiger partial charge in [0.05, 0.1) is 11.1 Å². The first-order valence-corrected chi connectivity index (χ1v) is 6.33. The van der Waals surface area contributed by atoms with E-state index in [1.54, 1.807) is 0 Å². The fraction of sp³-hybridized carbons (Fsp3) is 0.0667. The molecule has 0 radical (unpaired) electrons. The highest BCUT2D eigenvalue weighted by Crippen LogP contribution is 2.24. The Hall–Kier alpha value is -3.42. The van der Waals surface area contributed by atoms with E-state index < -0.39 is 0 Å². The summed E-state index contributed by atoms with van der Waals surface area (Å²) >= 11 is 0. The lowest BCUT2D eigenvalue weighted by Crippen LogP contribution is -2.56. The van der Waals surface area contributed by atoms with Crippen molar-refractivity contribution in [2.24, 2.45) is 0 Å². The molecule has 0 unspecified atom stereocenters. The van der Waals surface area contributed by atoms with E-state index in [1.165, 1.54) is 29.4 Å². The monoisotopic (exact) mass is 320 g/mol. The number of benzene rings is 2. The van der Waals surface area contributed by atoms with Gasteiger partial charge in [-0.3, -0.25) is 0 Å². The molecule has 0 aliphatic rings. The second kappa shape index (κ2) is 8.13. The van der Waals surface area contributed by atoms with Gasteiger partial charge >= 0.3 is 0 Å². The van der Waals surface area contributed by atoms with Gasteiger partial charge in [0.25, 0.3) is 0 Å². The molecule has 0 saturated heterocycles. The number of phenols is 4. The zero-order valence-electron chi connectivity index (χ0n) is 12.0. The van der Waals surface area contributed by atoms with Crippen molar-refractivity contribution < 1.29 is 30.3 Å². The van der Waals surface area contributed by atoms with Gasteiger partial charge in [-0.25, -0.2) is 9.89 Å². The Kier molecular flexibility index (Phi) is 6.23. The summed E-state index contributed by atoms with van der Waals surface area (Å²) in [7, 11) is 0. The summed E-state index contributed by atoms with van der Waals surface area (Å²) in [6.07, 6.45) is 1.14. The van der Waals surface area contributed by atoms with Crippen LogP contribution in [0.2, 0.25) is 0 Å². The van der Waals surface area contributed by atoms with Crippen molar-refractivity contribution in [1.29, 1.82) is 0 Å². The van der Waals surface area contributed by atoms with Gasteiger partial charge in [-0.05, 0) is 24.3 Å². The third-order valence-corrected chi connectivity index (χ3v) is 2.69. The molecule has 8 heteroatoms. The quantitative estimate of drug-likeness (QED) is 0.231. The molecule has 0 bridgehead atoms. The van der Waals surface area contributed by atoms with E-state index >= 15 is 0 Å². The first kappa shape index (κ1) is 17.6. The minimum atomic E-state index is -0.222. The summed E-state index contributed by atoms with van der Waals surface area (Å²) in [5, 5.41) is 59.0. The van der Waals surface area contributed by atoms with Crippen LogP contribution in [0.1, 0.15) is 11.1 Å². The van der Waals surface area contributed by atoms with Crippen LogP contribution in [-0.4, -0.2) is 38.1 Å². The molecule has 0 fully saturated rings. The first-order chi connectivity index (χ1) is 10.9. The number of hydrogen-bond donors (Lipinski definition) is 5. The summed E-state index contributed by atoms with van der Waals surface area (Å²) in [4.78, 5) is 0. The van der Waals surface area contributed by atoms with Crippen molar-refractivity contribution in [1.82, 2.24) is 0 Å². The van der Waals surface area contributed by atoms with Gasteiger partial charge in [-0.1, -0.05) is 0 Å². The van der Waals surface area contributed by atoms with Crippen LogP contribution < -0.4 is 5.16 Å². The molecule has 2 aromatic rings. The highest BCUT2D eigenvalue weighted by molar-refractivity contribution is 5.80. The summed E-state index contributed by atoms with van der Waals surface area (Å²) in [6.45, 7) is 2.53. The van der Waals surface area contributed by atoms with Crippen LogP contribution in [0.25, 0.3) is 0 Å². The molecule has 0 heterocycles. The van der Waals surface area contributed by atoms with Crippen LogP contribution in [-0.2, 0) is 6.54 Å². The van der Waals surface area contributed by atoms with E-state index in [0.29, 0.717) is 10.3 Å². The third kappa shape index (κ3) is 5.46. The van der Waals surface area contributed by atoms with E-state index in [0.717, 1.165) is 18.3 Å². The Labute approximate surface area is 131 Å². The zero-order chi connectivity index (χ0) is 17.4. The maximum Gasteiger partial charge on any atom is 0.185 e. The Bertz CT molecular complexity index is 715. The van der Waals surface area contributed by atoms with Crippen molar-refractivity contribution in [2.45, 2.75) is 6.54 Å². The summed E-state index contributed by atoms with van der Waals surface area (Å²) in [5.41, 5.74) is 0.586. The number of phenolic OH excluding ortho intramolecular Hbond substituents is 4. The maximum atomic E-state index is 11.8. The molecular weight excluding hydrogens is 304 g/mol. The number of nitrogens with one attached hydrogen (secondary N) is 1. The van der Waals surface area contributed by atoms with Crippen LogP contribution in [0.3, 0.4) is 0 Å². The predicted molar refractivity (Wildman–Crippen MR) is 83.5 cm³/mol. The Morgan fingerprint density at radius 2 is 1.52 bits per heavy atom. The van der Waals surface area contributed by atoms with Crippen LogP contribution >= 0.6 is 0 Å². The second-order valence-corrected chi connectivity index (χ2v) is 4.40. The Balaban J connectivity index is 0.000000816. The average Bonchev–Trinajstić information content (AvgIpc) is 2.46. The standard InChI is InChI=1S/C14H13NO5.CH3NO/c16-11-3-1-9(13(18)5-11)7-15(20)8-10-2-4-12(17)6-14(10)19;1-2-3/h1-7,16-19H,8H2;2H,1H2. The SMILES string of the molecule is C=[NH+][O-].[O-][N+](=Cc1ccc(O)cc1O)Cc1ccc(O)cc1O. The lowest BCUT2D eigenvalue weighted by molar-refractivity contribution is -0.469. The van der Waals surface area contributed by atoms with Gasteiger partial charge in [0.2, 0.25) is 0 Å². The zero-order valence-corrected chi connectivity index (χ0v) is 12.0. The Morgan fingerprint density at radius 1 is 1.00 bits per heavy atom. The molecule has 0 aliphatic heterocycles. The summed E-state index contributed by atoms with van der Waals surface area (Å²) in [6, 6.07) is 7.80. The molecule has 0 spiro atoms.